The van der Waals surface area contributed by atoms with Gasteiger partial charge >= 0.3 is 5.97 Å². The Bertz CT molecular complexity index is 903. The second kappa shape index (κ2) is 8.83. The minimum atomic E-state index is -0.843. The van der Waals surface area contributed by atoms with E-state index in [1.54, 1.807) is 31.2 Å². The number of carbonyl (C=O) groups is 3. The zero-order valence-corrected chi connectivity index (χ0v) is 16.3. The summed E-state index contributed by atoms with van der Waals surface area (Å²) in [6.45, 7) is 3.10. The van der Waals surface area contributed by atoms with Gasteiger partial charge in [0.1, 0.15) is 6.04 Å². The van der Waals surface area contributed by atoms with E-state index in [9.17, 15) is 14.4 Å². The van der Waals surface area contributed by atoms with Crippen molar-refractivity contribution in [2.75, 3.05) is 6.61 Å². The first-order chi connectivity index (χ1) is 13.4. The van der Waals surface area contributed by atoms with E-state index in [0.717, 1.165) is 24.8 Å². The number of aryl methyl sites for hydroxylation is 3. The van der Waals surface area contributed by atoms with E-state index in [0.29, 0.717) is 11.1 Å². The summed E-state index contributed by atoms with van der Waals surface area (Å²) in [7, 11) is 0. The first kappa shape index (κ1) is 19.8. The predicted molar refractivity (Wildman–Crippen MR) is 106 cm³/mol. The molecule has 2 aromatic carbocycles. The molecule has 0 saturated carbocycles. The van der Waals surface area contributed by atoms with E-state index >= 15 is 0 Å². The van der Waals surface area contributed by atoms with Gasteiger partial charge in [0, 0.05) is 11.1 Å². The van der Waals surface area contributed by atoms with Gasteiger partial charge in [-0.15, -0.1) is 0 Å². The molecule has 0 saturated heterocycles. The lowest BCUT2D eigenvalue weighted by Gasteiger charge is -2.16. The van der Waals surface area contributed by atoms with Gasteiger partial charge in [0.15, 0.2) is 12.4 Å². The number of fused-ring (bicyclic) bond motifs is 1. The maximum Gasteiger partial charge on any atom is 0.328 e. The second-order valence-electron chi connectivity index (χ2n) is 7.29. The van der Waals surface area contributed by atoms with Crippen LogP contribution in [0.4, 0.5) is 0 Å². The van der Waals surface area contributed by atoms with Gasteiger partial charge in [-0.3, -0.25) is 9.59 Å². The van der Waals surface area contributed by atoms with Gasteiger partial charge in [0.05, 0.1) is 0 Å². The van der Waals surface area contributed by atoms with Gasteiger partial charge in [0.2, 0.25) is 0 Å². The Morgan fingerprint density at radius 2 is 1.75 bits per heavy atom. The summed E-state index contributed by atoms with van der Waals surface area (Å²) in [6, 6.07) is 12.0. The lowest BCUT2D eigenvalue weighted by Crippen LogP contribution is -2.40. The number of amides is 1. The lowest BCUT2D eigenvalue weighted by molar-refractivity contribution is -0.144. The highest BCUT2D eigenvalue weighted by molar-refractivity contribution is 5.99. The summed E-state index contributed by atoms with van der Waals surface area (Å²) >= 11 is 0. The van der Waals surface area contributed by atoms with Gasteiger partial charge in [-0.05, 0) is 68.9 Å². The van der Waals surface area contributed by atoms with Gasteiger partial charge in [-0.2, -0.15) is 0 Å². The van der Waals surface area contributed by atoms with E-state index in [1.807, 2.05) is 25.1 Å². The normalized spacial score (nSPS) is 13.9. The van der Waals surface area contributed by atoms with E-state index in [4.69, 9.17) is 4.74 Å². The van der Waals surface area contributed by atoms with Crippen LogP contribution in [0.15, 0.2) is 42.5 Å². The number of esters is 1. The molecule has 0 radical (unpaired) electrons. The quantitative estimate of drug-likeness (QED) is 0.617. The van der Waals surface area contributed by atoms with E-state index in [1.165, 1.54) is 17.5 Å². The third-order valence-electron chi connectivity index (χ3n) is 5.00. The molecule has 0 unspecified atom stereocenters. The Hall–Kier alpha value is -2.95. The van der Waals surface area contributed by atoms with Crippen LogP contribution in [0, 0.1) is 6.92 Å². The highest BCUT2D eigenvalue weighted by Gasteiger charge is 2.20. The Balaban J connectivity index is 1.53. The van der Waals surface area contributed by atoms with Crippen LogP contribution in [0.25, 0.3) is 0 Å². The molecule has 28 heavy (non-hydrogen) atoms. The maximum absolute atomic E-state index is 12.4. The minimum absolute atomic E-state index is 0.237. The number of carbonyl (C=O) groups excluding carboxylic acids is 3. The van der Waals surface area contributed by atoms with Crippen molar-refractivity contribution in [3.05, 3.63) is 70.3 Å². The zero-order chi connectivity index (χ0) is 20.1. The molecule has 1 aliphatic rings. The number of hydrogen-bond acceptors (Lipinski definition) is 4. The van der Waals surface area contributed by atoms with Crippen molar-refractivity contribution in [3.63, 3.8) is 0 Å². The fourth-order valence-corrected chi connectivity index (χ4v) is 3.38. The van der Waals surface area contributed by atoms with Crippen LogP contribution in [0.2, 0.25) is 0 Å². The van der Waals surface area contributed by atoms with Crippen molar-refractivity contribution < 1.29 is 19.1 Å². The SMILES string of the molecule is Cc1cccc(C(=O)N[C@@H](C)C(=O)OCC(=O)c2ccc3c(c2)CCCC3)c1. The summed E-state index contributed by atoms with van der Waals surface area (Å²) in [4.78, 5) is 36.8. The minimum Gasteiger partial charge on any atom is -0.456 e. The Morgan fingerprint density at radius 1 is 1.00 bits per heavy atom. The van der Waals surface area contributed by atoms with Crippen LogP contribution in [0.1, 0.15) is 57.2 Å². The molecule has 1 amide bonds. The van der Waals surface area contributed by atoms with Crippen molar-refractivity contribution in [2.24, 2.45) is 0 Å². The smallest absolute Gasteiger partial charge is 0.328 e. The first-order valence-corrected chi connectivity index (χ1v) is 9.63. The van der Waals surface area contributed by atoms with Crippen LogP contribution < -0.4 is 5.32 Å². The molecular formula is C23H25NO4. The molecule has 3 rings (SSSR count). The second-order valence-corrected chi connectivity index (χ2v) is 7.29. The average molecular weight is 379 g/mol. The molecule has 5 nitrogen and oxygen atoms in total. The van der Waals surface area contributed by atoms with Crippen molar-refractivity contribution >= 4 is 17.7 Å². The molecule has 1 aliphatic carbocycles. The summed E-state index contributed by atoms with van der Waals surface area (Å²) in [5.41, 5.74) is 4.50. The maximum atomic E-state index is 12.4. The number of ether oxygens (including phenoxy) is 1. The number of benzene rings is 2. The van der Waals surface area contributed by atoms with Gasteiger partial charge < -0.3 is 10.1 Å². The number of ketones is 1. The summed E-state index contributed by atoms with van der Waals surface area (Å²) < 4.78 is 5.12. The molecule has 0 heterocycles. The van der Waals surface area contributed by atoms with E-state index < -0.39 is 12.0 Å². The third-order valence-corrected chi connectivity index (χ3v) is 5.00. The molecule has 0 spiro atoms. The Morgan fingerprint density at radius 3 is 2.50 bits per heavy atom. The highest BCUT2D eigenvalue weighted by Crippen LogP contribution is 2.22. The molecule has 0 aromatic heterocycles. The van der Waals surface area contributed by atoms with Gasteiger partial charge in [-0.25, -0.2) is 4.79 Å². The summed E-state index contributed by atoms with van der Waals surface area (Å²) in [5.74, 6) is -1.22. The first-order valence-electron chi connectivity index (χ1n) is 9.63. The van der Waals surface area contributed by atoms with Crippen molar-refractivity contribution in [3.8, 4) is 0 Å². The number of Topliss-reactive ketones (excluding diaryl/α,β-unsaturated/α-hetero) is 1. The van der Waals surface area contributed by atoms with Crippen LogP contribution in [0.3, 0.4) is 0 Å². The fourth-order valence-electron chi connectivity index (χ4n) is 3.38. The fraction of sp³-hybridized carbons (Fsp3) is 0.348. The number of rotatable bonds is 6. The molecule has 146 valence electrons. The van der Waals surface area contributed by atoms with Gasteiger partial charge in [-0.1, -0.05) is 29.8 Å². The molecule has 2 aromatic rings. The molecular weight excluding hydrogens is 354 g/mol. The average Bonchev–Trinajstić information content (AvgIpc) is 2.71. The molecule has 5 heteroatoms. The van der Waals surface area contributed by atoms with Crippen LogP contribution in [0.5, 0.6) is 0 Å². The standard InChI is InChI=1S/C23H25NO4/c1-15-6-5-9-20(12-15)22(26)24-16(2)23(27)28-14-21(25)19-11-10-17-7-3-4-8-18(17)13-19/h5-6,9-13,16H,3-4,7-8,14H2,1-2H3,(H,24,26)/t16-/m0/s1. The molecule has 0 aliphatic heterocycles. The van der Waals surface area contributed by atoms with E-state index in [2.05, 4.69) is 5.32 Å². The highest BCUT2D eigenvalue weighted by atomic mass is 16.5. The predicted octanol–water partition coefficient (Wildman–Crippen LogP) is 3.42. The lowest BCUT2D eigenvalue weighted by atomic mass is 9.90. The van der Waals surface area contributed by atoms with Crippen molar-refractivity contribution in [1.82, 2.24) is 5.32 Å². The summed E-state index contributed by atoms with van der Waals surface area (Å²) in [6.07, 6.45) is 4.36. The Labute approximate surface area is 165 Å². The monoisotopic (exact) mass is 379 g/mol. The van der Waals surface area contributed by atoms with Crippen LogP contribution in [-0.4, -0.2) is 30.3 Å². The molecule has 0 bridgehead atoms. The van der Waals surface area contributed by atoms with Crippen LogP contribution in [-0.2, 0) is 22.4 Å². The molecule has 1 N–H and O–H groups in total. The number of hydrogen-bond donors (Lipinski definition) is 1. The van der Waals surface area contributed by atoms with Gasteiger partial charge in [0.25, 0.3) is 5.91 Å². The third kappa shape index (κ3) is 4.85. The van der Waals surface area contributed by atoms with Crippen molar-refractivity contribution in [1.29, 1.82) is 0 Å². The summed E-state index contributed by atoms with van der Waals surface area (Å²) in [5, 5.41) is 2.60. The largest absolute Gasteiger partial charge is 0.456 e. The number of nitrogens with one attached hydrogen (secondary N) is 1. The zero-order valence-electron chi connectivity index (χ0n) is 16.3. The molecule has 0 fully saturated rings. The van der Waals surface area contributed by atoms with Crippen molar-refractivity contribution in [2.45, 2.75) is 45.6 Å². The topological polar surface area (TPSA) is 72.5 Å². The molecule has 1 atom stereocenters. The van der Waals surface area contributed by atoms with Crippen LogP contribution >= 0.6 is 0 Å². The van der Waals surface area contributed by atoms with E-state index in [-0.39, 0.29) is 18.3 Å². The Kier molecular flexibility index (Phi) is 6.24.